The molecule has 1 aromatic carbocycles. The highest BCUT2D eigenvalue weighted by Crippen LogP contribution is 2.60. The Morgan fingerprint density at radius 2 is 1.95 bits per heavy atom. The number of hydrogen-bond acceptors (Lipinski definition) is 4. The number of fused-ring (bicyclic) bond motifs is 3. The number of amides is 1. The van der Waals surface area contributed by atoms with Gasteiger partial charge in [0.05, 0.1) is 28.7 Å². The molecule has 1 aliphatic heterocycles. The summed E-state index contributed by atoms with van der Waals surface area (Å²) in [7, 11) is 0. The molecule has 1 N–H and O–H groups in total. The summed E-state index contributed by atoms with van der Waals surface area (Å²) in [5.74, 6) is 2.71. The Bertz CT molecular complexity index is 2150. The molecule has 3 saturated carbocycles. The van der Waals surface area contributed by atoms with Gasteiger partial charge in [-0.05, 0) is 92.7 Å². The third-order valence-electron chi connectivity index (χ3n) is 10.9. The van der Waals surface area contributed by atoms with Gasteiger partial charge in [0, 0.05) is 47.2 Å². The number of halogens is 1. The molecule has 8 nitrogen and oxygen atoms in total. The zero-order valence-corrected chi connectivity index (χ0v) is 23.8. The first-order valence-corrected chi connectivity index (χ1v) is 15.4. The lowest BCUT2D eigenvalue weighted by molar-refractivity contribution is -0.0204. The summed E-state index contributed by atoms with van der Waals surface area (Å²) in [4.78, 5) is 20.7. The van der Waals surface area contributed by atoms with Gasteiger partial charge in [0.25, 0.3) is 5.91 Å². The quantitative estimate of drug-likeness (QED) is 0.266. The summed E-state index contributed by atoms with van der Waals surface area (Å²) in [5.41, 5.74) is 6.90. The summed E-state index contributed by atoms with van der Waals surface area (Å²) < 4.78 is 19.6. The molecule has 1 amide bonds. The highest BCUT2D eigenvalue weighted by molar-refractivity contribution is 5.95. The van der Waals surface area contributed by atoms with Gasteiger partial charge in [0.2, 0.25) is 0 Å². The molecule has 6 aromatic rings. The van der Waals surface area contributed by atoms with Crippen LogP contribution in [0.25, 0.3) is 50.1 Å². The summed E-state index contributed by atoms with van der Waals surface area (Å²) in [5, 5.41) is 13.6. The molecule has 0 radical (unpaired) electrons. The summed E-state index contributed by atoms with van der Waals surface area (Å²) >= 11 is 0. The molecule has 1 saturated heterocycles. The molecule has 6 heterocycles. The Balaban J connectivity index is 1.07. The molecule has 0 spiro atoms. The number of rotatable bonds is 5. The normalized spacial score (nSPS) is 24.1. The predicted octanol–water partition coefficient (Wildman–Crippen LogP) is 6.23. The van der Waals surface area contributed by atoms with Crippen molar-refractivity contribution < 1.29 is 9.18 Å². The van der Waals surface area contributed by atoms with Crippen LogP contribution in [0.3, 0.4) is 0 Å². The van der Waals surface area contributed by atoms with Crippen molar-refractivity contribution >= 4 is 33.4 Å². The van der Waals surface area contributed by atoms with E-state index < -0.39 is 0 Å². The van der Waals surface area contributed by atoms with Crippen molar-refractivity contribution in [2.45, 2.75) is 45.2 Å². The van der Waals surface area contributed by atoms with Gasteiger partial charge in [-0.1, -0.05) is 6.07 Å². The molecule has 4 aliphatic rings. The topological polar surface area (TPSA) is 84.1 Å². The molecule has 4 fully saturated rings. The van der Waals surface area contributed by atoms with E-state index in [9.17, 15) is 4.79 Å². The average Bonchev–Trinajstić information content (AvgIpc) is 3.41. The maximum Gasteiger partial charge on any atom is 0.255 e. The van der Waals surface area contributed by atoms with E-state index in [-0.39, 0.29) is 11.7 Å². The van der Waals surface area contributed by atoms with Crippen molar-refractivity contribution in [3.8, 4) is 22.6 Å². The van der Waals surface area contributed by atoms with Crippen LogP contribution in [-0.4, -0.2) is 52.8 Å². The smallest absolute Gasteiger partial charge is 0.255 e. The number of nitrogens with zero attached hydrogens (tertiary/aromatic N) is 6. The number of carbonyl (C=O) groups excluding carboxylic acids is 1. The van der Waals surface area contributed by atoms with Gasteiger partial charge in [0.1, 0.15) is 16.9 Å². The maximum atomic E-state index is 15.4. The Hall–Kier alpha value is -4.53. The van der Waals surface area contributed by atoms with Crippen LogP contribution in [0.2, 0.25) is 0 Å². The summed E-state index contributed by atoms with van der Waals surface area (Å²) in [6.07, 6.45) is 8.39. The molecule has 10 rings (SSSR count). The number of likely N-dealkylation sites (tertiary alicyclic amines) is 1. The monoisotopic (exact) mass is 571 g/mol. The average molecular weight is 572 g/mol. The second kappa shape index (κ2) is 8.30. The SMILES string of the molecule is Cc1c(-c2cc3ccc(-c4ccc5cn[nH]c5c4F)nc3n2CC2CC2)nn2cc(C(=O)N3CC4CC5CC3[C@H]54)ccc12. The van der Waals surface area contributed by atoms with Crippen LogP contribution < -0.4 is 0 Å². The van der Waals surface area contributed by atoms with Gasteiger partial charge in [-0.3, -0.25) is 9.89 Å². The third kappa shape index (κ3) is 3.30. The molecule has 5 aromatic heterocycles. The van der Waals surface area contributed by atoms with Crippen LogP contribution in [0.15, 0.2) is 54.9 Å². The first kappa shape index (κ1) is 24.0. The predicted molar refractivity (Wildman–Crippen MR) is 161 cm³/mol. The summed E-state index contributed by atoms with van der Waals surface area (Å²) in [6.45, 7) is 3.84. The van der Waals surface area contributed by atoms with E-state index in [1.165, 1.54) is 25.7 Å². The van der Waals surface area contributed by atoms with Crippen molar-refractivity contribution in [1.29, 1.82) is 0 Å². The van der Waals surface area contributed by atoms with E-state index in [0.29, 0.717) is 40.2 Å². The third-order valence-corrected chi connectivity index (χ3v) is 10.9. The van der Waals surface area contributed by atoms with Crippen LogP contribution in [0, 0.1) is 36.4 Å². The van der Waals surface area contributed by atoms with Gasteiger partial charge in [-0.15, -0.1) is 0 Å². The molecule has 3 aliphatic carbocycles. The lowest BCUT2D eigenvalue weighted by Gasteiger charge is -2.52. The number of H-pyrrole nitrogens is 1. The van der Waals surface area contributed by atoms with Crippen molar-refractivity contribution in [2.24, 2.45) is 23.7 Å². The zero-order chi connectivity index (χ0) is 28.6. The standard InChI is InChI=1S/C34H30FN7O/c1-17-26-9-6-21(34(43)41-15-23-10-22-12-27(41)29(22)23)16-42(26)39-31(17)28-11-19-5-8-25(37-33(19)40(28)14-18-2-3-18)24-7-4-20-13-36-38-32(20)30(24)35/h4-9,11,13,16,18,22-23,27,29H,2-3,10,12,14-15H2,1H3,(H,36,38)/t22?,23?,27?,29-/m1/s1. The number of carbonyl (C=O) groups is 1. The minimum absolute atomic E-state index is 0.134. The fourth-order valence-electron chi connectivity index (χ4n) is 8.30. The molecule has 214 valence electrons. The van der Waals surface area contributed by atoms with Crippen molar-refractivity contribution in [2.75, 3.05) is 6.54 Å². The Morgan fingerprint density at radius 3 is 2.79 bits per heavy atom. The summed E-state index contributed by atoms with van der Waals surface area (Å²) in [6, 6.07) is 14.1. The molecule has 0 bridgehead atoms. The van der Waals surface area contributed by atoms with E-state index in [4.69, 9.17) is 10.1 Å². The number of pyridine rings is 2. The lowest BCUT2D eigenvalue weighted by Crippen LogP contribution is -2.53. The van der Waals surface area contributed by atoms with E-state index >= 15 is 4.39 Å². The number of nitrogens with one attached hydrogen (secondary N) is 1. The van der Waals surface area contributed by atoms with Gasteiger partial charge in [-0.2, -0.15) is 10.2 Å². The number of hydrogen-bond donors (Lipinski definition) is 1. The lowest BCUT2D eigenvalue weighted by atomic mass is 9.53. The van der Waals surface area contributed by atoms with Crippen LogP contribution >= 0.6 is 0 Å². The Labute approximate surface area is 246 Å². The number of aromatic amines is 1. The van der Waals surface area contributed by atoms with Crippen LogP contribution in [0.4, 0.5) is 4.39 Å². The van der Waals surface area contributed by atoms with Gasteiger partial charge in [0.15, 0.2) is 5.82 Å². The first-order chi connectivity index (χ1) is 21.0. The maximum absolute atomic E-state index is 15.4. The van der Waals surface area contributed by atoms with Crippen LogP contribution in [0.1, 0.15) is 41.6 Å². The number of benzene rings is 1. The van der Waals surface area contributed by atoms with E-state index in [2.05, 4.69) is 32.7 Å². The second-order valence-electron chi connectivity index (χ2n) is 13.3. The highest BCUT2D eigenvalue weighted by Gasteiger charge is 2.61. The highest BCUT2D eigenvalue weighted by atomic mass is 19.1. The number of aryl methyl sites for hydroxylation is 1. The molecule has 9 heteroatoms. The number of aromatic nitrogens is 6. The second-order valence-corrected chi connectivity index (χ2v) is 13.3. The van der Waals surface area contributed by atoms with Crippen molar-refractivity contribution in [3.05, 3.63) is 71.8 Å². The molecule has 3 unspecified atom stereocenters. The molecular weight excluding hydrogens is 541 g/mol. The minimum Gasteiger partial charge on any atom is -0.335 e. The van der Waals surface area contributed by atoms with Crippen LogP contribution in [0.5, 0.6) is 0 Å². The van der Waals surface area contributed by atoms with Crippen LogP contribution in [-0.2, 0) is 6.54 Å². The van der Waals surface area contributed by atoms with Crippen molar-refractivity contribution in [3.63, 3.8) is 0 Å². The Kier molecular flexibility index (Phi) is 4.63. The molecule has 4 atom stereocenters. The van der Waals surface area contributed by atoms with Gasteiger partial charge < -0.3 is 9.47 Å². The first-order valence-electron chi connectivity index (χ1n) is 15.4. The Morgan fingerprint density at radius 1 is 1.07 bits per heavy atom. The molecule has 43 heavy (non-hydrogen) atoms. The van der Waals surface area contributed by atoms with Gasteiger partial charge in [-0.25, -0.2) is 13.9 Å². The minimum atomic E-state index is -0.345. The van der Waals surface area contributed by atoms with E-state index in [1.54, 1.807) is 12.3 Å². The fourth-order valence-corrected chi connectivity index (χ4v) is 8.30. The molecular formula is C34H30FN7O. The zero-order valence-electron chi connectivity index (χ0n) is 23.8. The van der Waals surface area contributed by atoms with Gasteiger partial charge >= 0.3 is 0 Å². The van der Waals surface area contributed by atoms with E-state index in [1.807, 2.05) is 41.0 Å². The van der Waals surface area contributed by atoms with Crippen molar-refractivity contribution in [1.82, 2.24) is 34.3 Å². The van der Waals surface area contributed by atoms with E-state index in [0.717, 1.165) is 63.8 Å². The fraction of sp³-hybridized carbons (Fsp3) is 0.353. The largest absolute Gasteiger partial charge is 0.335 e.